The summed E-state index contributed by atoms with van der Waals surface area (Å²) in [6.45, 7) is -1.34. The Hall–Kier alpha value is -2.40. The van der Waals surface area contributed by atoms with E-state index >= 15 is 0 Å². The lowest BCUT2D eigenvalue weighted by molar-refractivity contribution is -0.391. The Bertz CT molecular complexity index is 952. The molecule has 3 aliphatic rings. The van der Waals surface area contributed by atoms with Crippen LogP contribution in [0.2, 0.25) is 0 Å². The molecule has 1 aromatic rings. The van der Waals surface area contributed by atoms with Gasteiger partial charge in [-0.25, -0.2) is 4.79 Å². The van der Waals surface area contributed by atoms with Gasteiger partial charge in [0.2, 0.25) is 5.60 Å². The third-order valence-electron chi connectivity index (χ3n) is 6.59. The molecule has 3 fully saturated rings. The number of aromatic hydroxyl groups is 1. The van der Waals surface area contributed by atoms with Gasteiger partial charge in [0.1, 0.15) is 36.3 Å². The summed E-state index contributed by atoms with van der Waals surface area (Å²) in [7, 11) is 0. The van der Waals surface area contributed by atoms with Crippen molar-refractivity contribution in [3.63, 3.8) is 0 Å². The summed E-state index contributed by atoms with van der Waals surface area (Å²) >= 11 is 0. The highest BCUT2D eigenvalue weighted by Gasteiger charge is 2.78. The van der Waals surface area contributed by atoms with Gasteiger partial charge in [0, 0.05) is 5.92 Å². The highest BCUT2D eigenvalue weighted by atomic mass is 16.8. The third-order valence-corrected chi connectivity index (χ3v) is 6.59. The lowest BCUT2D eigenvalue weighted by Crippen LogP contribution is -2.67. The summed E-state index contributed by atoms with van der Waals surface area (Å²) in [6.07, 6.45) is -13.1. The molecule has 4 rings (SSSR count). The Labute approximate surface area is 197 Å². The number of aliphatic hydroxyl groups is 6. The fourth-order valence-electron chi connectivity index (χ4n) is 4.76. The Morgan fingerprint density at radius 2 is 1.77 bits per heavy atom. The second-order valence-electron chi connectivity index (χ2n) is 8.70. The van der Waals surface area contributed by atoms with E-state index in [1.165, 1.54) is 24.3 Å². The van der Waals surface area contributed by atoms with Crippen molar-refractivity contribution in [1.29, 1.82) is 0 Å². The molecule has 3 aliphatic heterocycles. The van der Waals surface area contributed by atoms with Gasteiger partial charge in [0.05, 0.1) is 19.6 Å². The van der Waals surface area contributed by atoms with Gasteiger partial charge >= 0.3 is 11.9 Å². The summed E-state index contributed by atoms with van der Waals surface area (Å²) in [5, 5.41) is 81.4. The lowest BCUT2D eigenvalue weighted by atomic mass is 9.74. The second kappa shape index (κ2) is 9.24. The number of hydrogen-bond donors (Lipinski definition) is 8. The lowest BCUT2D eigenvalue weighted by Gasteiger charge is -2.46. The second-order valence-corrected chi connectivity index (χ2v) is 8.70. The number of aliphatic hydroxyl groups excluding tert-OH is 5. The van der Waals surface area contributed by atoms with E-state index in [-0.39, 0.29) is 11.3 Å². The number of rotatable bonds is 7. The van der Waals surface area contributed by atoms with Crippen molar-refractivity contribution in [2.24, 2.45) is 0 Å². The van der Waals surface area contributed by atoms with Crippen LogP contribution in [0.3, 0.4) is 0 Å². The number of fused-ring (bicyclic) bond motifs is 1. The average Bonchev–Trinajstić information content (AvgIpc) is 3.24. The van der Waals surface area contributed by atoms with E-state index in [0.717, 1.165) is 0 Å². The van der Waals surface area contributed by atoms with Crippen LogP contribution in [0.4, 0.5) is 0 Å². The summed E-state index contributed by atoms with van der Waals surface area (Å²) in [6, 6.07) is 4.91. The van der Waals surface area contributed by atoms with Gasteiger partial charge in [0.25, 0.3) is 5.79 Å². The van der Waals surface area contributed by atoms with E-state index in [4.69, 9.17) is 18.9 Å². The first-order valence-corrected chi connectivity index (χ1v) is 10.7. The maximum Gasteiger partial charge on any atom is 0.345 e. The van der Waals surface area contributed by atoms with E-state index in [2.05, 4.69) is 0 Å². The molecule has 14 heteroatoms. The van der Waals surface area contributed by atoms with E-state index in [1.807, 2.05) is 0 Å². The van der Waals surface area contributed by atoms with Gasteiger partial charge < -0.3 is 59.8 Å². The van der Waals surface area contributed by atoms with Crippen LogP contribution in [0.25, 0.3) is 0 Å². The number of carbonyl (C=O) groups is 2. The van der Waals surface area contributed by atoms with Gasteiger partial charge in [-0.05, 0) is 17.7 Å². The fraction of sp³-hybridized carbons (Fsp3) is 0.619. The van der Waals surface area contributed by atoms with Crippen LogP contribution in [0.5, 0.6) is 5.75 Å². The molecule has 35 heavy (non-hydrogen) atoms. The number of carboxylic acid groups (broad SMARTS) is 1. The molecule has 14 nitrogen and oxygen atoms in total. The monoisotopic (exact) mass is 502 g/mol. The van der Waals surface area contributed by atoms with Crippen molar-refractivity contribution >= 4 is 11.9 Å². The molecule has 0 bridgehead atoms. The molecule has 10 atom stereocenters. The zero-order valence-corrected chi connectivity index (χ0v) is 18.1. The van der Waals surface area contributed by atoms with E-state index in [0.29, 0.717) is 0 Å². The molecule has 0 saturated carbocycles. The summed E-state index contributed by atoms with van der Waals surface area (Å²) in [5.41, 5.74) is -2.88. The SMILES string of the molecule is O=C(O)C[C@H](c1ccc(O)cc1)[C@]1(O)C(=O)OC2C(O)COC21O[C@H]1O[C@H](CO)[C@H](O)[C@@H](O)[C@@H]1O. The highest BCUT2D eigenvalue weighted by molar-refractivity contribution is 5.87. The summed E-state index contributed by atoms with van der Waals surface area (Å²) in [4.78, 5) is 24.8. The van der Waals surface area contributed by atoms with Crippen LogP contribution in [0.1, 0.15) is 17.9 Å². The number of hydrogen-bond acceptors (Lipinski definition) is 13. The Kier molecular flexibility index (Phi) is 6.78. The van der Waals surface area contributed by atoms with Crippen molar-refractivity contribution < 1.29 is 69.4 Å². The third kappa shape index (κ3) is 3.96. The van der Waals surface area contributed by atoms with Gasteiger partial charge in [-0.2, -0.15) is 0 Å². The standard InChI is InChI=1S/C21H26O14/c22-6-12-14(27)15(28)16(29)18(33-12)35-21-17(11(24)7-32-21)34-19(30)20(21,31)10(5-13(25)26)8-1-3-9(23)4-2-8/h1-4,10-12,14-18,22-24,27-29,31H,5-7H2,(H,25,26)/t10-,11?,12-,14+,15-,16+,17?,18-,20+,21?/m1/s1. The molecule has 8 N–H and O–H groups in total. The van der Waals surface area contributed by atoms with Gasteiger partial charge in [-0.1, -0.05) is 12.1 Å². The number of benzene rings is 1. The van der Waals surface area contributed by atoms with Crippen LogP contribution in [0, 0.1) is 0 Å². The average molecular weight is 502 g/mol. The van der Waals surface area contributed by atoms with E-state index in [9.17, 15) is 50.4 Å². The minimum absolute atomic E-state index is 0.0621. The van der Waals surface area contributed by atoms with E-state index in [1.54, 1.807) is 0 Å². The van der Waals surface area contributed by atoms with Crippen LogP contribution < -0.4 is 0 Å². The summed E-state index contributed by atoms with van der Waals surface area (Å²) in [5.74, 6) is -7.27. The summed E-state index contributed by atoms with van der Waals surface area (Å²) < 4.78 is 21.8. The van der Waals surface area contributed by atoms with Crippen LogP contribution >= 0.6 is 0 Å². The first-order chi connectivity index (χ1) is 16.5. The van der Waals surface area contributed by atoms with Crippen LogP contribution in [0.15, 0.2) is 24.3 Å². The fourth-order valence-corrected chi connectivity index (χ4v) is 4.76. The van der Waals surface area contributed by atoms with Crippen molar-refractivity contribution in [3.05, 3.63) is 29.8 Å². The topological polar surface area (TPSA) is 233 Å². The zero-order valence-electron chi connectivity index (χ0n) is 18.1. The van der Waals surface area contributed by atoms with Crippen molar-refractivity contribution in [2.75, 3.05) is 13.2 Å². The smallest absolute Gasteiger partial charge is 0.345 e. The number of aliphatic carboxylic acids is 1. The Morgan fingerprint density at radius 1 is 1.11 bits per heavy atom. The molecular formula is C21H26O14. The first kappa shape index (κ1) is 25.7. The van der Waals surface area contributed by atoms with Gasteiger partial charge in [0.15, 0.2) is 12.4 Å². The molecule has 0 radical (unpaired) electrons. The molecular weight excluding hydrogens is 476 g/mol. The predicted molar refractivity (Wildman–Crippen MR) is 107 cm³/mol. The molecule has 1 aromatic carbocycles. The van der Waals surface area contributed by atoms with Crippen molar-refractivity contribution in [1.82, 2.24) is 0 Å². The molecule has 0 amide bonds. The maximum absolute atomic E-state index is 13.1. The Balaban J connectivity index is 1.80. The van der Waals surface area contributed by atoms with Crippen LogP contribution in [-0.2, 0) is 28.5 Å². The minimum atomic E-state index is -2.94. The van der Waals surface area contributed by atoms with Crippen molar-refractivity contribution in [2.45, 2.75) is 66.6 Å². The molecule has 0 spiro atoms. The molecule has 3 heterocycles. The maximum atomic E-state index is 13.1. The molecule has 0 aliphatic carbocycles. The minimum Gasteiger partial charge on any atom is -0.508 e. The number of carboxylic acids is 1. The molecule has 3 unspecified atom stereocenters. The number of ether oxygens (including phenoxy) is 4. The van der Waals surface area contributed by atoms with Crippen molar-refractivity contribution in [3.8, 4) is 5.75 Å². The van der Waals surface area contributed by atoms with Crippen LogP contribution in [-0.4, -0.2) is 120 Å². The molecule has 3 saturated heterocycles. The largest absolute Gasteiger partial charge is 0.508 e. The number of phenolic OH excluding ortho intramolecular Hbond substituents is 1. The first-order valence-electron chi connectivity index (χ1n) is 10.7. The Morgan fingerprint density at radius 3 is 2.37 bits per heavy atom. The molecule has 194 valence electrons. The quantitative estimate of drug-likeness (QED) is 0.169. The van der Waals surface area contributed by atoms with E-state index < -0.39 is 91.8 Å². The predicted octanol–water partition coefficient (Wildman–Crippen LogP) is -3.49. The normalized spacial score (nSPS) is 41.9. The number of esters is 1. The molecule has 0 aromatic heterocycles. The number of carbonyl (C=O) groups excluding carboxylic acids is 1. The number of phenols is 1. The highest BCUT2D eigenvalue weighted by Crippen LogP contribution is 2.54. The van der Waals surface area contributed by atoms with Gasteiger partial charge in [-0.15, -0.1) is 0 Å². The zero-order chi connectivity index (χ0) is 25.7. The van der Waals surface area contributed by atoms with Gasteiger partial charge in [-0.3, -0.25) is 4.79 Å².